The number of pyridine rings is 1. The highest BCUT2D eigenvalue weighted by molar-refractivity contribution is 6.10. The number of para-hydroxylation sites is 1. The van der Waals surface area contributed by atoms with Gasteiger partial charge in [0.15, 0.2) is 5.84 Å². The highest BCUT2D eigenvalue weighted by atomic mass is 16.3. The molecule has 1 aliphatic rings. The third kappa shape index (κ3) is 3.39. The van der Waals surface area contributed by atoms with Crippen LogP contribution in [0, 0.1) is 5.41 Å². The number of anilines is 2. The number of carbonyl (C=O) groups is 1. The first-order valence-corrected chi connectivity index (χ1v) is 8.81. The maximum absolute atomic E-state index is 12.5. The van der Waals surface area contributed by atoms with E-state index in [2.05, 4.69) is 15.4 Å². The molecule has 0 bridgehead atoms. The molecule has 8 nitrogen and oxygen atoms in total. The number of H-pyrrole nitrogens is 1. The van der Waals surface area contributed by atoms with Gasteiger partial charge in [-0.25, -0.2) is 5.01 Å². The van der Waals surface area contributed by atoms with Gasteiger partial charge >= 0.3 is 0 Å². The highest BCUT2D eigenvalue weighted by Crippen LogP contribution is 2.21. The Kier molecular flexibility index (Phi) is 4.44. The van der Waals surface area contributed by atoms with Gasteiger partial charge in [-0.3, -0.25) is 20.0 Å². The van der Waals surface area contributed by atoms with Crippen LogP contribution in [-0.4, -0.2) is 21.8 Å². The van der Waals surface area contributed by atoms with Crippen molar-refractivity contribution >= 4 is 29.2 Å². The van der Waals surface area contributed by atoms with Crippen LogP contribution in [0.4, 0.5) is 11.4 Å². The number of nitrogens with zero attached hydrogens (tertiary/aromatic N) is 2. The molecule has 29 heavy (non-hydrogen) atoms. The van der Waals surface area contributed by atoms with Crippen molar-refractivity contribution in [2.24, 2.45) is 5.10 Å². The van der Waals surface area contributed by atoms with Gasteiger partial charge in [-0.1, -0.05) is 30.3 Å². The van der Waals surface area contributed by atoms with Gasteiger partial charge in [0.2, 0.25) is 11.8 Å². The van der Waals surface area contributed by atoms with E-state index in [-0.39, 0.29) is 27.9 Å². The number of nitrogens with one attached hydrogen (secondary N) is 3. The molecule has 3 aromatic rings. The number of amides is 1. The fourth-order valence-electron chi connectivity index (χ4n) is 3.10. The molecule has 0 radical (unpaired) electrons. The monoisotopic (exact) mass is 387 g/mol. The number of aromatic hydroxyl groups is 1. The third-order valence-corrected chi connectivity index (χ3v) is 4.40. The van der Waals surface area contributed by atoms with E-state index < -0.39 is 11.4 Å². The molecule has 0 fully saturated rings. The number of hydrogen-bond acceptors (Lipinski definition) is 5. The number of amidine groups is 1. The van der Waals surface area contributed by atoms with E-state index in [4.69, 9.17) is 5.41 Å². The number of rotatable bonds is 3. The second-order valence-electron chi connectivity index (χ2n) is 6.48. The first-order chi connectivity index (χ1) is 13.9. The Bertz CT molecular complexity index is 1300. The first kappa shape index (κ1) is 18.2. The van der Waals surface area contributed by atoms with Crippen molar-refractivity contribution in [1.29, 1.82) is 5.41 Å². The Morgan fingerprint density at radius 3 is 2.52 bits per heavy atom. The van der Waals surface area contributed by atoms with Gasteiger partial charge in [-0.15, -0.1) is 0 Å². The van der Waals surface area contributed by atoms with Crippen LogP contribution in [0.5, 0.6) is 5.88 Å². The summed E-state index contributed by atoms with van der Waals surface area (Å²) >= 11 is 0. The number of aromatic amines is 1. The Morgan fingerprint density at radius 2 is 1.86 bits per heavy atom. The van der Waals surface area contributed by atoms with Crippen LogP contribution in [0.2, 0.25) is 0 Å². The molecule has 0 unspecified atom stereocenters. The lowest BCUT2D eigenvalue weighted by Gasteiger charge is -2.13. The van der Waals surface area contributed by atoms with Crippen molar-refractivity contribution in [3.63, 3.8) is 0 Å². The van der Waals surface area contributed by atoms with Gasteiger partial charge in [0.25, 0.3) is 5.56 Å². The van der Waals surface area contributed by atoms with Crippen LogP contribution < -0.4 is 26.5 Å². The number of hydrogen-bond donors (Lipinski definition) is 4. The van der Waals surface area contributed by atoms with Crippen LogP contribution in [-0.2, 0) is 4.79 Å². The lowest BCUT2D eigenvalue weighted by molar-refractivity contribution is -0.114. The fourth-order valence-corrected chi connectivity index (χ4v) is 3.10. The van der Waals surface area contributed by atoms with Crippen molar-refractivity contribution in [1.82, 2.24) is 4.98 Å². The quantitative estimate of drug-likeness (QED) is 0.540. The lowest BCUT2D eigenvalue weighted by Crippen LogP contribution is -2.42. The molecule has 1 aromatic heterocycles. The highest BCUT2D eigenvalue weighted by Gasteiger charge is 2.26. The van der Waals surface area contributed by atoms with E-state index in [1.807, 2.05) is 18.2 Å². The maximum atomic E-state index is 12.5. The Hall–Kier alpha value is -4.20. The summed E-state index contributed by atoms with van der Waals surface area (Å²) in [4.78, 5) is 26.0. The number of fused-ring (bicyclic) bond motifs is 1. The zero-order valence-corrected chi connectivity index (χ0v) is 15.4. The van der Waals surface area contributed by atoms with E-state index in [9.17, 15) is 14.7 Å². The number of carbonyl (C=O) groups excluding carboxylic acids is 1. The van der Waals surface area contributed by atoms with Gasteiger partial charge in [0.05, 0.1) is 10.9 Å². The summed E-state index contributed by atoms with van der Waals surface area (Å²) in [7, 11) is 0. The normalized spacial score (nSPS) is 13.2. The van der Waals surface area contributed by atoms with E-state index in [1.54, 1.807) is 42.5 Å². The minimum Gasteiger partial charge on any atom is -0.494 e. The zero-order valence-electron chi connectivity index (χ0n) is 15.4. The average molecular weight is 387 g/mol. The minimum absolute atomic E-state index is 0.0318. The molecule has 4 N–H and O–H groups in total. The summed E-state index contributed by atoms with van der Waals surface area (Å²) in [5, 5.41) is 27.5. The molecule has 8 heteroatoms. The number of aromatic nitrogens is 1. The minimum atomic E-state index is -0.515. The molecule has 0 spiro atoms. The largest absolute Gasteiger partial charge is 0.494 e. The summed E-state index contributed by atoms with van der Waals surface area (Å²) in [6, 6.07) is 16.0. The summed E-state index contributed by atoms with van der Waals surface area (Å²) < 4.78 is 0. The Labute approximate surface area is 165 Å². The topological polar surface area (TPSA) is 122 Å². The van der Waals surface area contributed by atoms with Crippen molar-refractivity contribution < 1.29 is 9.90 Å². The van der Waals surface area contributed by atoms with Gasteiger partial charge in [-0.2, -0.15) is 5.10 Å². The maximum Gasteiger partial charge on any atom is 0.260 e. The van der Waals surface area contributed by atoms with E-state index in [1.165, 1.54) is 11.9 Å². The zero-order chi connectivity index (χ0) is 20.5. The third-order valence-electron chi connectivity index (χ3n) is 4.40. The molecule has 1 amide bonds. The molecule has 1 aliphatic heterocycles. The molecule has 0 atom stereocenters. The van der Waals surface area contributed by atoms with Crippen LogP contribution >= 0.6 is 0 Å². The van der Waals surface area contributed by atoms with Crippen molar-refractivity contribution in [2.75, 3.05) is 10.3 Å². The van der Waals surface area contributed by atoms with E-state index in [0.29, 0.717) is 16.9 Å². The SMILES string of the molecule is CC(=O)Nc1ccc(C=c2c(=O)[nH]c(O)c3c2=NN(c2ccccc2)C3=N)cc1. The second-order valence-corrected chi connectivity index (χ2v) is 6.48. The van der Waals surface area contributed by atoms with E-state index >= 15 is 0 Å². The Morgan fingerprint density at radius 1 is 1.17 bits per heavy atom. The fraction of sp³-hybridized carbons (Fsp3) is 0.0476. The van der Waals surface area contributed by atoms with Crippen LogP contribution in [0.1, 0.15) is 18.1 Å². The predicted octanol–water partition coefficient (Wildman–Crippen LogP) is 1.25. The van der Waals surface area contributed by atoms with Crippen molar-refractivity contribution in [3.05, 3.63) is 86.7 Å². The van der Waals surface area contributed by atoms with E-state index in [0.717, 1.165) is 0 Å². The molecule has 0 saturated carbocycles. The van der Waals surface area contributed by atoms with Gasteiger partial charge in [0, 0.05) is 12.6 Å². The molecule has 0 saturated heterocycles. The predicted molar refractivity (Wildman–Crippen MR) is 110 cm³/mol. The van der Waals surface area contributed by atoms with Gasteiger partial charge in [-0.05, 0) is 35.9 Å². The van der Waals surface area contributed by atoms with Crippen LogP contribution in [0.15, 0.2) is 64.5 Å². The average Bonchev–Trinajstić information content (AvgIpc) is 3.04. The molecular weight excluding hydrogens is 370 g/mol. The summed E-state index contributed by atoms with van der Waals surface area (Å²) in [5.74, 6) is -0.598. The molecule has 2 aromatic carbocycles. The lowest BCUT2D eigenvalue weighted by atomic mass is 10.1. The van der Waals surface area contributed by atoms with Gasteiger partial charge in [0.1, 0.15) is 10.9 Å². The molecular formula is C21H17N5O3. The molecule has 4 rings (SSSR count). The molecule has 2 heterocycles. The summed E-state index contributed by atoms with van der Waals surface area (Å²) in [5.41, 5.74) is 1.64. The second kappa shape index (κ2) is 7.08. The summed E-state index contributed by atoms with van der Waals surface area (Å²) in [6.07, 6.45) is 1.62. The van der Waals surface area contributed by atoms with Crippen LogP contribution in [0.3, 0.4) is 0 Å². The van der Waals surface area contributed by atoms with Crippen LogP contribution in [0.25, 0.3) is 6.08 Å². The first-order valence-electron chi connectivity index (χ1n) is 8.81. The van der Waals surface area contributed by atoms with Crippen molar-refractivity contribution in [3.8, 4) is 5.88 Å². The summed E-state index contributed by atoms with van der Waals surface area (Å²) in [6.45, 7) is 1.42. The van der Waals surface area contributed by atoms with Gasteiger partial charge < -0.3 is 10.4 Å². The number of benzene rings is 2. The standard InChI is InChI=1S/C21H17N5O3/c1-12(27)23-14-9-7-13(8-10-14)11-16-18-17(21(29)24-20(16)28)19(22)26(25-18)15-5-3-2-4-6-15/h2-11,22,29H,1H3,(H,23,27)(H,24,28). The molecule has 144 valence electrons. The van der Waals surface area contributed by atoms with Crippen molar-refractivity contribution in [2.45, 2.75) is 6.92 Å². The smallest absolute Gasteiger partial charge is 0.260 e. The molecule has 0 aliphatic carbocycles. The Balaban J connectivity index is 1.86.